The molecule has 22 heavy (non-hydrogen) atoms. The fourth-order valence-electron chi connectivity index (χ4n) is 1.62. The van der Waals surface area contributed by atoms with Crippen molar-refractivity contribution in [2.45, 2.75) is 45.4 Å². The SMILES string of the molecule is CCC=CC=CC=CC=CC=CC=CCCCCCC(=O)O. The van der Waals surface area contributed by atoms with Crippen molar-refractivity contribution in [2.75, 3.05) is 0 Å². The van der Waals surface area contributed by atoms with E-state index in [1.807, 2.05) is 60.8 Å². The van der Waals surface area contributed by atoms with Crippen LogP contribution in [0.5, 0.6) is 0 Å². The Bertz CT molecular complexity index is 435. The van der Waals surface area contributed by atoms with Crippen molar-refractivity contribution in [1.82, 2.24) is 0 Å². The molecule has 0 rings (SSSR count). The predicted octanol–water partition coefficient (Wildman–Crippen LogP) is 5.77. The molecule has 0 atom stereocenters. The average molecular weight is 300 g/mol. The monoisotopic (exact) mass is 300 g/mol. The molecule has 0 unspecified atom stereocenters. The predicted molar refractivity (Wildman–Crippen MR) is 95.9 cm³/mol. The Kier molecular flexibility index (Phi) is 15.4. The Balaban J connectivity index is 3.60. The molecule has 0 bridgehead atoms. The van der Waals surface area contributed by atoms with Gasteiger partial charge in [-0.15, -0.1) is 0 Å². The lowest BCUT2D eigenvalue weighted by Crippen LogP contribution is -1.93. The molecule has 0 saturated carbocycles. The van der Waals surface area contributed by atoms with Crippen LogP contribution in [-0.2, 0) is 4.79 Å². The summed E-state index contributed by atoms with van der Waals surface area (Å²) >= 11 is 0. The summed E-state index contributed by atoms with van der Waals surface area (Å²) in [7, 11) is 0. The molecule has 0 aliphatic carbocycles. The van der Waals surface area contributed by atoms with Gasteiger partial charge in [-0.25, -0.2) is 0 Å². The number of hydrogen-bond acceptors (Lipinski definition) is 1. The molecular formula is C20H28O2. The van der Waals surface area contributed by atoms with Crippen molar-refractivity contribution in [3.8, 4) is 0 Å². The summed E-state index contributed by atoms with van der Waals surface area (Å²) in [5.74, 6) is -0.702. The van der Waals surface area contributed by atoms with Gasteiger partial charge in [0, 0.05) is 6.42 Å². The lowest BCUT2D eigenvalue weighted by Gasteiger charge is -1.94. The fourth-order valence-corrected chi connectivity index (χ4v) is 1.62. The third kappa shape index (κ3) is 17.9. The van der Waals surface area contributed by atoms with Crippen LogP contribution in [0, 0.1) is 0 Å². The maximum absolute atomic E-state index is 10.3. The van der Waals surface area contributed by atoms with Crippen molar-refractivity contribution in [3.63, 3.8) is 0 Å². The number of allylic oxidation sites excluding steroid dienone is 12. The van der Waals surface area contributed by atoms with Crippen LogP contribution in [0.4, 0.5) is 0 Å². The molecule has 0 saturated heterocycles. The number of hydrogen-bond donors (Lipinski definition) is 1. The number of aliphatic carboxylic acids is 1. The molecule has 0 aromatic rings. The maximum Gasteiger partial charge on any atom is 0.303 e. The van der Waals surface area contributed by atoms with Gasteiger partial charge in [0.1, 0.15) is 0 Å². The normalized spacial score (nSPS) is 13.1. The van der Waals surface area contributed by atoms with E-state index in [0.717, 1.165) is 32.1 Å². The topological polar surface area (TPSA) is 37.3 Å². The van der Waals surface area contributed by atoms with Crippen LogP contribution in [0.15, 0.2) is 72.9 Å². The summed E-state index contributed by atoms with van der Waals surface area (Å²) in [6, 6.07) is 0. The highest BCUT2D eigenvalue weighted by Gasteiger charge is 1.94. The number of carboxylic acid groups (broad SMARTS) is 1. The first-order valence-corrected chi connectivity index (χ1v) is 7.97. The maximum atomic E-state index is 10.3. The highest BCUT2D eigenvalue weighted by atomic mass is 16.4. The van der Waals surface area contributed by atoms with Gasteiger partial charge in [0.2, 0.25) is 0 Å². The molecule has 0 fully saturated rings. The third-order valence-corrected chi connectivity index (χ3v) is 2.77. The molecule has 0 radical (unpaired) electrons. The molecule has 0 amide bonds. The van der Waals surface area contributed by atoms with Crippen LogP contribution in [-0.4, -0.2) is 11.1 Å². The first-order valence-electron chi connectivity index (χ1n) is 7.97. The Labute approximate surface area is 134 Å². The second kappa shape index (κ2) is 17.0. The number of carboxylic acids is 1. The fraction of sp³-hybridized carbons (Fsp3) is 0.350. The Hall–Kier alpha value is -2.09. The molecule has 0 spiro atoms. The first-order chi connectivity index (χ1) is 10.8. The largest absolute Gasteiger partial charge is 0.481 e. The van der Waals surface area contributed by atoms with E-state index < -0.39 is 5.97 Å². The quantitative estimate of drug-likeness (QED) is 0.367. The van der Waals surface area contributed by atoms with Gasteiger partial charge in [-0.2, -0.15) is 0 Å². The molecule has 120 valence electrons. The summed E-state index contributed by atoms with van der Waals surface area (Å²) in [5, 5.41) is 8.50. The average Bonchev–Trinajstić information content (AvgIpc) is 2.50. The van der Waals surface area contributed by atoms with Gasteiger partial charge in [-0.1, -0.05) is 86.3 Å². The second-order valence-corrected chi connectivity index (χ2v) is 4.80. The van der Waals surface area contributed by atoms with Crippen molar-refractivity contribution in [2.24, 2.45) is 0 Å². The van der Waals surface area contributed by atoms with E-state index >= 15 is 0 Å². The van der Waals surface area contributed by atoms with Gasteiger partial charge in [0.15, 0.2) is 0 Å². The third-order valence-electron chi connectivity index (χ3n) is 2.77. The van der Waals surface area contributed by atoms with Gasteiger partial charge < -0.3 is 5.11 Å². The lowest BCUT2D eigenvalue weighted by atomic mass is 10.1. The van der Waals surface area contributed by atoms with Crippen LogP contribution in [0.2, 0.25) is 0 Å². The molecule has 0 aromatic carbocycles. The summed E-state index contributed by atoms with van der Waals surface area (Å²) in [5.41, 5.74) is 0. The van der Waals surface area contributed by atoms with Gasteiger partial charge in [-0.05, 0) is 25.7 Å². The van der Waals surface area contributed by atoms with Crippen molar-refractivity contribution in [1.29, 1.82) is 0 Å². The van der Waals surface area contributed by atoms with Crippen LogP contribution < -0.4 is 0 Å². The molecule has 1 N–H and O–H groups in total. The summed E-state index contributed by atoms with van der Waals surface area (Å²) in [4.78, 5) is 10.3. The lowest BCUT2D eigenvalue weighted by molar-refractivity contribution is -0.137. The van der Waals surface area contributed by atoms with E-state index in [4.69, 9.17) is 5.11 Å². The summed E-state index contributed by atoms with van der Waals surface area (Å²) in [6.45, 7) is 2.11. The minimum Gasteiger partial charge on any atom is -0.481 e. The van der Waals surface area contributed by atoms with Crippen LogP contribution in [0.25, 0.3) is 0 Å². The van der Waals surface area contributed by atoms with Gasteiger partial charge in [0.25, 0.3) is 0 Å². The number of rotatable bonds is 12. The standard InChI is InChI=1S/C20H28O2/c1-2-3-4-5-6-7-8-9-10-11-12-13-14-15-16-17-18-19-20(21)22/h3-14H,2,15-19H2,1H3,(H,21,22). The minimum atomic E-state index is -0.702. The van der Waals surface area contributed by atoms with E-state index in [0.29, 0.717) is 0 Å². The van der Waals surface area contributed by atoms with Gasteiger partial charge in [0.05, 0.1) is 0 Å². The van der Waals surface area contributed by atoms with E-state index in [1.54, 1.807) is 0 Å². The zero-order chi connectivity index (χ0) is 16.3. The van der Waals surface area contributed by atoms with Crippen molar-refractivity contribution in [3.05, 3.63) is 72.9 Å². The molecule has 0 aromatic heterocycles. The molecule has 0 aliphatic heterocycles. The zero-order valence-corrected chi connectivity index (χ0v) is 13.5. The van der Waals surface area contributed by atoms with Crippen LogP contribution in [0.3, 0.4) is 0 Å². The van der Waals surface area contributed by atoms with E-state index in [-0.39, 0.29) is 6.42 Å². The Morgan fingerprint density at radius 3 is 1.73 bits per heavy atom. The Morgan fingerprint density at radius 1 is 0.727 bits per heavy atom. The highest BCUT2D eigenvalue weighted by Crippen LogP contribution is 2.03. The summed E-state index contributed by atoms with van der Waals surface area (Å²) in [6.07, 6.45) is 29.4. The summed E-state index contributed by atoms with van der Waals surface area (Å²) < 4.78 is 0. The first kappa shape index (κ1) is 19.9. The molecule has 2 nitrogen and oxygen atoms in total. The van der Waals surface area contributed by atoms with E-state index in [1.165, 1.54) is 0 Å². The molecule has 0 heterocycles. The number of carbonyl (C=O) groups is 1. The van der Waals surface area contributed by atoms with Crippen LogP contribution in [0.1, 0.15) is 45.4 Å². The zero-order valence-electron chi connectivity index (χ0n) is 13.5. The molecule has 2 heteroatoms. The second-order valence-electron chi connectivity index (χ2n) is 4.80. The van der Waals surface area contributed by atoms with Crippen molar-refractivity contribution < 1.29 is 9.90 Å². The number of unbranched alkanes of at least 4 members (excludes halogenated alkanes) is 3. The van der Waals surface area contributed by atoms with Crippen molar-refractivity contribution >= 4 is 5.97 Å². The molecular weight excluding hydrogens is 272 g/mol. The van der Waals surface area contributed by atoms with E-state index in [9.17, 15) is 4.79 Å². The highest BCUT2D eigenvalue weighted by molar-refractivity contribution is 5.66. The smallest absolute Gasteiger partial charge is 0.303 e. The van der Waals surface area contributed by atoms with E-state index in [2.05, 4.69) is 19.1 Å². The minimum absolute atomic E-state index is 0.284. The van der Waals surface area contributed by atoms with Gasteiger partial charge in [-0.3, -0.25) is 4.79 Å². The molecule has 0 aliphatic rings. The van der Waals surface area contributed by atoms with Crippen LogP contribution >= 0.6 is 0 Å². The Morgan fingerprint density at radius 2 is 1.23 bits per heavy atom. The van der Waals surface area contributed by atoms with Gasteiger partial charge >= 0.3 is 5.97 Å².